The first-order chi connectivity index (χ1) is 10.4. The molecule has 1 heterocycles. The van der Waals surface area contributed by atoms with Crippen LogP contribution in [0, 0.1) is 0 Å². The van der Waals surface area contributed by atoms with Gasteiger partial charge in [0.15, 0.2) is 0 Å². The Labute approximate surface area is 129 Å². The zero-order valence-electron chi connectivity index (χ0n) is 11.8. The molecule has 0 bridgehead atoms. The van der Waals surface area contributed by atoms with Gasteiger partial charge in [0.1, 0.15) is 0 Å². The lowest BCUT2D eigenvalue weighted by molar-refractivity contribution is 0.735. The first-order valence-electron chi connectivity index (χ1n) is 7.15. The third-order valence-corrected chi connectivity index (χ3v) is 4.34. The van der Waals surface area contributed by atoms with Crippen molar-refractivity contribution in [3.8, 4) is 0 Å². The van der Waals surface area contributed by atoms with Crippen molar-refractivity contribution in [1.82, 2.24) is 10.3 Å². The van der Waals surface area contributed by atoms with Crippen LogP contribution in [-0.4, -0.2) is 17.3 Å². The fourth-order valence-electron chi connectivity index (χ4n) is 2.29. The van der Waals surface area contributed by atoms with Gasteiger partial charge < -0.3 is 5.32 Å². The van der Waals surface area contributed by atoms with Crippen molar-refractivity contribution in [2.75, 3.05) is 12.3 Å². The van der Waals surface area contributed by atoms with Crippen LogP contribution in [0.3, 0.4) is 0 Å². The third-order valence-electron chi connectivity index (χ3n) is 3.32. The molecular formula is C18H18N2S. The number of rotatable bonds is 6. The molecule has 1 aromatic heterocycles. The van der Waals surface area contributed by atoms with E-state index in [1.54, 1.807) is 0 Å². The second-order valence-corrected chi connectivity index (χ2v) is 6.00. The Hall–Kier alpha value is -1.84. The van der Waals surface area contributed by atoms with Crippen LogP contribution in [0.4, 0.5) is 0 Å². The first kappa shape index (κ1) is 14.1. The maximum Gasteiger partial charge on any atom is 0.0746 e. The van der Waals surface area contributed by atoms with Gasteiger partial charge in [-0.25, -0.2) is 0 Å². The minimum absolute atomic E-state index is 0.865. The third kappa shape index (κ3) is 3.84. The summed E-state index contributed by atoms with van der Waals surface area (Å²) < 4.78 is 0. The molecule has 3 heteroatoms. The van der Waals surface area contributed by atoms with Crippen molar-refractivity contribution >= 4 is 22.7 Å². The molecule has 0 atom stereocenters. The number of hydrogen-bond acceptors (Lipinski definition) is 3. The molecule has 3 aromatic rings. The van der Waals surface area contributed by atoms with Crippen molar-refractivity contribution < 1.29 is 0 Å². The molecule has 0 fully saturated rings. The molecule has 0 saturated carbocycles. The van der Waals surface area contributed by atoms with Crippen LogP contribution in [-0.2, 0) is 6.54 Å². The molecule has 0 aliphatic rings. The molecule has 0 amide bonds. The van der Waals surface area contributed by atoms with Gasteiger partial charge in [0.25, 0.3) is 0 Å². The number of nitrogens with zero attached hydrogens (tertiary/aromatic N) is 1. The normalized spacial score (nSPS) is 10.9. The quantitative estimate of drug-likeness (QED) is 0.547. The Kier molecular flexibility index (Phi) is 4.87. The summed E-state index contributed by atoms with van der Waals surface area (Å²) in [6.45, 7) is 1.85. The van der Waals surface area contributed by atoms with Gasteiger partial charge in [0, 0.05) is 35.3 Å². The summed E-state index contributed by atoms with van der Waals surface area (Å²) in [5, 5.41) is 4.71. The topological polar surface area (TPSA) is 24.9 Å². The predicted molar refractivity (Wildman–Crippen MR) is 90.6 cm³/mol. The fraction of sp³-hybridized carbons (Fsp3) is 0.167. The van der Waals surface area contributed by atoms with E-state index in [0.29, 0.717) is 0 Å². The summed E-state index contributed by atoms with van der Waals surface area (Å²) in [6, 6.07) is 21.0. The van der Waals surface area contributed by atoms with E-state index in [4.69, 9.17) is 0 Å². The monoisotopic (exact) mass is 294 g/mol. The molecule has 1 N–H and O–H groups in total. The van der Waals surface area contributed by atoms with E-state index in [9.17, 15) is 0 Å². The highest BCUT2D eigenvalue weighted by molar-refractivity contribution is 7.99. The number of thioether (sulfide) groups is 1. The van der Waals surface area contributed by atoms with Gasteiger partial charge in [0.2, 0.25) is 0 Å². The van der Waals surface area contributed by atoms with E-state index >= 15 is 0 Å². The Morgan fingerprint density at radius 3 is 2.67 bits per heavy atom. The molecular weight excluding hydrogens is 276 g/mol. The number of pyridine rings is 1. The van der Waals surface area contributed by atoms with E-state index in [2.05, 4.69) is 64.9 Å². The number of aromatic nitrogens is 1. The van der Waals surface area contributed by atoms with Crippen molar-refractivity contribution in [1.29, 1.82) is 0 Å². The second kappa shape index (κ2) is 7.25. The summed E-state index contributed by atoms with van der Waals surface area (Å²) in [5.74, 6) is 1.07. The summed E-state index contributed by atoms with van der Waals surface area (Å²) >= 11 is 1.88. The number of para-hydroxylation sites is 1. The SMILES string of the molecule is c1ccc(SCCNCc2cccc3cccnc23)cc1. The van der Waals surface area contributed by atoms with Gasteiger partial charge in [-0.05, 0) is 23.8 Å². The van der Waals surface area contributed by atoms with Crippen LogP contribution in [0.25, 0.3) is 10.9 Å². The smallest absolute Gasteiger partial charge is 0.0746 e. The summed E-state index contributed by atoms with van der Waals surface area (Å²) in [5.41, 5.74) is 2.36. The van der Waals surface area contributed by atoms with Gasteiger partial charge in [-0.15, -0.1) is 11.8 Å². The molecule has 0 radical (unpaired) electrons. The number of benzene rings is 2. The van der Waals surface area contributed by atoms with Crippen molar-refractivity contribution in [3.05, 3.63) is 72.4 Å². The predicted octanol–water partition coefficient (Wildman–Crippen LogP) is 4.12. The van der Waals surface area contributed by atoms with Gasteiger partial charge in [-0.1, -0.05) is 42.5 Å². The van der Waals surface area contributed by atoms with Crippen molar-refractivity contribution in [2.24, 2.45) is 0 Å². The Morgan fingerprint density at radius 2 is 1.76 bits per heavy atom. The van der Waals surface area contributed by atoms with Crippen LogP contribution in [0.5, 0.6) is 0 Å². The Morgan fingerprint density at radius 1 is 0.905 bits per heavy atom. The Bertz CT molecular complexity index is 692. The minimum Gasteiger partial charge on any atom is -0.312 e. The highest BCUT2D eigenvalue weighted by Crippen LogP contribution is 2.17. The highest BCUT2D eigenvalue weighted by atomic mass is 32.2. The van der Waals surface area contributed by atoms with Crippen LogP contribution >= 0.6 is 11.8 Å². The van der Waals surface area contributed by atoms with Crippen LogP contribution < -0.4 is 5.32 Å². The molecule has 0 aliphatic carbocycles. The molecule has 2 aromatic carbocycles. The van der Waals surface area contributed by atoms with E-state index in [0.717, 1.165) is 24.4 Å². The molecule has 0 saturated heterocycles. The zero-order valence-corrected chi connectivity index (χ0v) is 12.6. The van der Waals surface area contributed by atoms with Gasteiger partial charge >= 0.3 is 0 Å². The molecule has 2 nitrogen and oxygen atoms in total. The lowest BCUT2D eigenvalue weighted by Crippen LogP contribution is -2.16. The van der Waals surface area contributed by atoms with Gasteiger partial charge in [0.05, 0.1) is 5.52 Å². The van der Waals surface area contributed by atoms with E-state index in [1.165, 1.54) is 15.8 Å². The standard InChI is InChI=1S/C18H18N2S/c1-2-9-17(10-3-1)21-13-12-19-14-16-7-4-6-15-8-5-11-20-18(15)16/h1-11,19H,12-14H2. The van der Waals surface area contributed by atoms with Crippen LogP contribution in [0.1, 0.15) is 5.56 Å². The van der Waals surface area contributed by atoms with Gasteiger partial charge in [-0.3, -0.25) is 4.98 Å². The van der Waals surface area contributed by atoms with Crippen molar-refractivity contribution in [3.63, 3.8) is 0 Å². The number of nitrogens with one attached hydrogen (secondary N) is 1. The summed E-state index contributed by atoms with van der Waals surface area (Å²) in [7, 11) is 0. The molecule has 3 rings (SSSR count). The van der Waals surface area contributed by atoms with E-state index in [-0.39, 0.29) is 0 Å². The number of fused-ring (bicyclic) bond motifs is 1. The molecule has 0 spiro atoms. The van der Waals surface area contributed by atoms with E-state index in [1.807, 2.05) is 24.0 Å². The van der Waals surface area contributed by atoms with E-state index < -0.39 is 0 Å². The minimum atomic E-state index is 0.865. The average Bonchev–Trinajstić information content (AvgIpc) is 2.56. The fourth-order valence-corrected chi connectivity index (χ4v) is 3.12. The van der Waals surface area contributed by atoms with Crippen LogP contribution in [0.2, 0.25) is 0 Å². The molecule has 106 valence electrons. The maximum atomic E-state index is 4.48. The largest absolute Gasteiger partial charge is 0.312 e. The average molecular weight is 294 g/mol. The number of hydrogen-bond donors (Lipinski definition) is 1. The molecule has 0 aliphatic heterocycles. The van der Waals surface area contributed by atoms with Crippen molar-refractivity contribution in [2.45, 2.75) is 11.4 Å². The second-order valence-electron chi connectivity index (χ2n) is 4.83. The summed E-state index contributed by atoms with van der Waals surface area (Å²) in [4.78, 5) is 5.81. The Balaban J connectivity index is 1.51. The lowest BCUT2D eigenvalue weighted by atomic mass is 10.1. The first-order valence-corrected chi connectivity index (χ1v) is 8.13. The highest BCUT2D eigenvalue weighted by Gasteiger charge is 2.01. The maximum absolute atomic E-state index is 4.48. The zero-order chi connectivity index (χ0) is 14.3. The lowest BCUT2D eigenvalue weighted by Gasteiger charge is -2.07. The molecule has 0 unspecified atom stereocenters. The summed E-state index contributed by atoms with van der Waals surface area (Å²) in [6.07, 6.45) is 1.86. The molecule has 21 heavy (non-hydrogen) atoms. The van der Waals surface area contributed by atoms with Crippen LogP contribution in [0.15, 0.2) is 71.8 Å². The van der Waals surface area contributed by atoms with Gasteiger partial charge in [-0.2, -0.15) is 0 Å².